The lowest BCUT2D eigenvalue weighted by molar-refractivity contribution is -0.135. The monoisotopic (exact) mass is 462 g/mol. The lowest BCUT2D eigenvalue weighted by Crippen LogP contribution is -2.41. The minimum Gasteiger partial charge on any atom is -0.369 e. The molecular formula is C21H30N6O4S. The Hall–Kier alpha value is -2.53. The first kappa shape index (κ1) is 22.7. The Morgan fingerprint density at radius 2 is 1.78 bits per heavy atom. The van der Waals surface area contributed by atoms with Gasteiger partial charge in [0.15, 0.2) is 0 Å². The highest BCUT2D eigenvalue weighted by atomic mass is 32.2. The lowest BCUT2D eigenvalue weighted by Gasteiger charge is -2.30. The Morgan fingerprint density at radius 3 is 2.47 bits per heavy atom. The molecule has 2 aliphatic rings. The van der Waals surface area contributed by atoms with Crippen LogP contribution < -0.4 is 5.73 Å². The predicted octanol–water partition coefficient (Wildman–Crippen LogP) is 1.11. The van der Waals surface area contributed by atoms with Gasteiger partial charge in [-0.25, -0.2) is 13.1 Å². The van der Waals surface area contributed by atoms with Crippen LogP contribution in [0.25, 0.3) is 11.0 Å². The fraction of sp³-hybridized carbons (Fsp3) is 0.619. The summed E-state index contributed by atoms with van der Waals surface area (Å²) in [4.78, 5) is 25.8. The summed E-state index contributed by atoms with van der Waals surface area (Å²) < 4.78 is 29.0. The van der Waals surface area contributed by atoms with E-state index in [4.69, 9.17) is 5.73 Å². The number of likely N-dealkylation sites (tertiary alicyclic amines) is 1. The van der Waals surface area contributed by atoms with Gasteiger partial charge in [0.1, 0.15) is 5.52 Å². The number of carbonyl (C=O) groups excluding carboxylic acids is 2. The zero-order valence-electron chi connectivity index (χ0n) is 18.1. The van der Waals surface area contributed by atoms with Gasteiger partial charge in [-0.15, -0.1) is 5.10 Å². The lowest BCUT2D eigenvalue weighted by atomic mass is 9.96. The van der Waals surface area contributed by atoms with E-state index in [-0.39, 0.29) is 22.6 Å². The van der Waals surface area contributed by atoms with Crippen molar-refractivity contribution < 1.29 is 18.0 Å². The third-order valence-corrected chi connectivity index (χ3v) is 8.34. The number of hydrogen-bond donors (Lipinski definition) is 1. The number of fused-ring (bicyclic) bond motifs is 1. The van der Waals surface area contributed by atoms with E-state index in [1.165, 1.54) is 0 Å². The Kier molecular flexibility index (Phi) is 6.75. The van der Waals surface area contributed by atoms with E-state index < -0.39 is 10.0 Å². The topological polar surface area (TPSA) is 131 Å². The van der Waals surface area contributed by atoms with Crippen molar-refractivity contribution >= 4 is 32.9 Å². The SMILES string of the molecule is NC(=O)C1CCN(C(=O)CCCn2nnc3cc(S(=O)(=O)N4CCCCC4)ccc32)CC1. The van der Waals surface area contributed by atoms with Gasteiger partial charge in [-0.3, -0.25) is 9.59 Å². The number of amides is 2. The predicted molar refractivity (Wildman–Crippen MR) is 118 cm³/mol. The summed E-state index contributed by atoms with van der Waals surface area (Å²) in [6, 6.07) is 4.93. The first-order valence-corrected chi connectivity index (χ1v) is 12.7. The minimum absolute atomic E-state index is 0.0623. The Labute approximate surface area is 187 Å². The standard InChI is InChI=1S/C21H30N6O4S/c22-21(29)16-8-13-25(14-9-16)20(28)5-4-12-27-19-7-6-17(15-18(19)23-24-27)32(30,31)26-10-2-1-3-11-26/h6-7,15-16H,1-5,8-14H2,(H2,22,29). The molecule has 4 rings (SSSR count). The fourth-order valence-corrected chi connectivity index (χ4v) is 6.02. The van der Waals surface area contributed by atoms with Crippen LogP contribution in [0.4, 0.5) is 0 Å². The second kappa shape index (κ2) is 9.53. The molecule has 2 saturated heterocycles. The number of rotatable bonds is 7. The summed E-state index contributed by atoms with van der Waals surface area (Å²) in [6.07, 6.45) is 5.06. The van der Waals surface area contributed by atoms with Crippen molar-refractivity contribution in [2.24, 2.45) is 11.7 Å². The van der Waals surface area contributed by atoms with Crippen LogP contribution >= 0.6 is 0 Å². The number of hydrogen-bond acceptors (Lipinski definition) is 6. The average molecular weight is 463 g/mol. The van der Waals surface area contributed by atoms with Crippen LogP contribution in [0.15, 0.2) is 23.1 Å². The van der Waals surface area contributed by atoms with Crippen molar-refractivity contribution in [3.8, 4) is 0 Å². The van der Waals surface area contributed by atoms with E-state index in [0.717, 1.165) is 24.8 Å². The maximum absolute atomic E-state index is 12.9. The molecule has 11 heteroatoms. The molecule has 10 nitrogen and oxygen atoms in total. The number of nitrogens with two attached hydrogens (primary N) is 1. The van der Waals surface area contributed by atoms with E-state index in [0.29, 0.717) is 63.9 Å². The van der Waals surface area contributed by atoms with Crippen molar-refractivity contribution in [1.29, 1.82) is 0 Å². The fourth-order valence-electron chi connectivity index (χ4n) is 4.48. The minimum atomic E-state index is -3.52. The van der Waals surface area contributed by atoms with Crippen molar-refractivity contribution in [1.82, 2.24) is 24.2 Å². The molecule has 0 saturated carbocycles. The highest BCUT2D eigenvalue weighted by Crippen LogP contribution is 2.24. The molecule has 174 valence electrons. The average Bonchev–Trinajstić information content (AvgIpc) is 3.22. The van der Waals surface area contributed by atoms with Crippen molar-refractivity contribution in [3.05, 3.63) is 18.2 Å². The maximum atomic E-state index is 12.9. The van der Waals surface area contributed by atoms with Crippen molar-refractivity contribution in [2.75, 3.05) is 26.2 Å². The molecule has 0 bridgehead atoms. The van der Waals surface area contributed by atoms with Gasteiger partial charge in [0.05, 0.1) is 10.4 Å². The molecular weight excluding hydrogens is 432 g/mol. The molecule has 0 unspecified atom stereocenters. The smallest absolute Gasteiger partial charge is 0.243 e. The van der Waals surface area contributed by atoms with Gasteiger partial charge in [0.2, 0.25) is 21.8 Å². The molecule has 2 aromatic rings. The quantitative estimate of drug-likeness (QED) is 0.656. The molecule has 3 heterocycles. The summed E-state index contributed by atoms with van der Waals surface area (Å²) in [5.74, 6) is -0.363. The van der Waals surface area contributed by atoms with Gasteiger partial charge in [-0.2, -0.15) is 4.31 Å². The van der Waals surface area contributed by atoms with Crippen LogP contribution in [0, 0.1) is 5.92 Å². The zero-order valence-corrected chi connectivity index (χ0v) is 19.0. The van der Waals surface area contributed by atoms with E-state index in [2.05, 4.69) is 10.3 Å². The second-order valence-electron chi connectivity index (χ2n) is 8.59. The number of primary amides is 1. The number of aromatic nitrogens is 3. The van der Waals surface area contributed by atoms with Crippen LogP contribution in [-0.4, -0.2) is 70.6 Å². The summed E-state index contributed by atoms with van der Waals surface area (Å²) >= 11 is 0. The zero-order chi connectivity index (χ0) is 22.7. The molecule has 2 N–H and O–H groups in total. The largest absolute Gasteiger partial charge is 0.369 e. The van der Waals surface area contributed by atoms with Gasteiger partial charge in [0.25, 0.3) is 0 Å². The molecule has 0 radical (unpaired) electrons. The van der Waals surface area contributed by atoms with Crippen LogP contribution in [-0.2, 0) is 26.2 Å². The molecule has 2 fully saturated rings. The van der Waals surface area contributed by atoms with Gasteiger partial charge in [0, 0.05) is 45.1 Å². The first-order valence-electron chi connectivity index (χ1n) is 11.3. The van der Waals surface area contributed by atoms with Gasteiger partial charge < -0.3 is 10.6 Å². The number of nitrogens with zero attached hydrogens (tertiary/aromatic N) is 5. The van der Waals surface area contributed by atoms with E-state index in [1.807, 2.05) is 0 Å². The molecule has 1 aromatic heterocycles. The number of benzene rings is 1. The third-order valence-electron chi connectivity index (χ3n) is 6.45. The molecule has 0 spiro atoms. The van der Waals surface area contributed by atoms with E-state index >= 15 is 0 Å². The summed E-state index contributed by atoms with van der Waals surface area (Å²) in [5, 5.41) is 8.29. The maximum Gasteiger partial charge on any atom is 0.243 e. The first-order chi connectivity index (χ1) is 15.4. The Bertz CT molecular complexity index is 1080. The third kappa shape index (κ3) is 4.78. The molecule has 32 heavy (non-hydrogen) atoms. The molecule has 2 aliphatic heterocycles. The summed E-state index contributed by atoms with van der Waals surface area (Å²) in [7, 11) is -3.52. The van der Waals surface area contributed by atoms with E-state index in [1.54, 1.807) is 32.1 Å². The normalized spacial score (nSPS) is 18.8. The molecule has 2 amide bonds. The number of piperidine rings is 2. The highest BCUT2D eigenvalue weighted by Gasteiger charge is 2.27. The highest BCUT2D eigenvalue weighted by molar-refractivity contribution is 7.89. The molecule has 1 aromatic carbocycles. The summed E-state index contributed by atoms with van der Waals surface area (Å²) in [5.41, 5.74) is 6.62. The van der Waals surface area contributed by atoms with Crippen molar-refractivity contribution in [2.45, 2.75) is 56.4 Å². The number of aryl methyl sites for hydroxylation is 1. The van der Waals surface area contributed by atoms with Crippen LogP contribution in [0.3, 0.4) is 0 Å². The van der Waals surface area contributed by atoms with Crippen LogP contribution in [0.2, 0.25) is 0 Å². The van der Waals surface area contributed by atoms with Crippen LogP contribution in [0.5, 0.6) is 0 Å². The van der Waals surface area contributed by atoms with Gasteiger partial charge in [-0.05, 0) is 50.3 Å². The van der Waals surface area contributed by atoms with Crippen molar-refractivity contribution in [3.63, 3.8) is 0 Å². The van der Waals surface area contributed by atoms with Gasteiger partial charge in [-0.1, -0.05) is 11.6 Å². The summed E-state index contributed by atoms with van der Waals surface area (Å²) in [6.45, 7) is 2.75. The Balaban J connectivity index is 1.34. The molecule has 0 atom stereocenters. The van der Waals surface area contributed by atoms with Crippen LogP contribution in [0.1, 0.15) is 44.9 Å². The van der Waals surface area contributed by atoms with Gasteiger partial charge >= 0.3 is 0 Å². The Morgan fingerprint density at radius 1 is 1.06 bits per heavy atom. The molecule has 0 aliphatic carbocycles. The number of sulfonamides is 1. The van der Waals surface area contributed by atoms with E-state index in [9.17, 15) is 18.0 Å². The second-order valence-corrected chi connectivity index (χ2v) is 10.5. The number of carbonyl (C=O) groups is 2.